The Bertz CT molecular complexity index is 661. The van der Waals surface area contributed by atoms with Crippen molar-refractivity contribution in [3.63, 3.8) is 0 Å². The number of halogens is 1. The van der Waals surface area contributed by atoms with Gasteiger partial charge in [0.1, 0.15) is 6.20 Å². The van der Waals surface area contributed by atoms with E-state index in [1.54, 1.807) is 0 Å². The Balaban J connectivity index is 2.57. The summed E-state index contributed by atoms with van der Waals surface area (Å²) in [6.45, 7) is 4.97. The smallest absolute Gasteiger partial charge is 0.291 e. The van der Waals surface area contributed by atoms with Gasteiger partial charge in [0.15, 0.2) is 0 Å². The number of aromatic nitrogens is 1. The van der Waals surface area contributed by atoms with Crippen molar-refractivity contribution >= 4 is 32.5 Å². The van der Waals surface area contributed by atoms with Gasteiger partial charge in [-0.05, 0) is 37.6 Å². The van der Waals surface area contributed by atoms with E-state index in [4.69, 9.17) is 0 Å². The molecule has 1 atom stereocenters. The maximum Gasteiger partial charge on any atom is 0.291 e. The van der Waals surface area contributed by atoms with Crippen molar-refractivity contribution in [1.82, 2.24) is 10.3 Å². The van der Waals surface area contributed by atoms with E-state index in [1.165, 1.54) is 6.20 Å². The van der Waals surface area contributed by atoms with Gasteiger partial charge in [0.05, 0.1) is 10.4 Å². The zero-order chi connectivity index (χ0) is 15.4. The molecule has 1 N–H and O–H groups in total. The quantitative estimate of drug-likeness (QED) is 0.634. The minimum absolute atomic E-state index is 0.0944. The van der Waals surface area contributed by atoms with Crippen molar-refractivity contribution in [2.45, 2.75) is 32.7 Å². The van der Waals surface area contributed by atoms with Crippen molar-refractivity contribution in [2.75, 3.05) is 6.54 Å². The Kier molecular flexibility index (Phi) is 5.25. The number of hydrogen-bond donors (Lipinski definition) is 1. The highest BCUT2D eigenvalue weighted by atomic mass is 79.9. The highest BCUT2D eigenvalue weighted by Gasteiger charge is 2.20. The van der Waals surface area contributed by atoms with Gasteiger partial charge in [-0.15, -0.1) is 0 Å². The largest absolute Gasteiger partial charge is 0.314 e. The standard InChI is InChI=1S/C15H18BrN3O2/c1-3-11(17-4-2)8-13-12-7-10(16)5-6-14(12)18-9-15(13)19(20)21/h5-7,9,11,17H,3-4,8H2,1-2H3. The molecule has 0 bridgehead atoms. The molecular weight excluding hydrogens is 334 g/mol. The van der Waals surface area contributed by atoms with E-state index >= 15 is 0 Å². The molecule has 0 aliphatic carbocycles. The zero-order valence-electron chi connectivity index (χ0n) is 12.1. The van der Waals surface area contributed by atoms with Crippen LogP contribution in [-0.2, 0) is 6.42 Å². The lowest BCUT2D eigenvalue weighted by Crippen LogP contribution is -2.30. The van der Waals surface area contributed by atoms with Gasteiger partial charge < -0.3 is 5.32 Å². The van der Waals surface area contributed by atoms with E-state index in [2.05, 4.69) is 33.2 Å². The van der Waals surface area contributed by atoms with Crippen molar-refractivity contribution in [2.24, 2.45) is 0 Å². The van der Waals surface area contributed by atoms with E-state index in [0.29, 0.717) is 6.42 Å². The summed E-state index contributed by atoms with van der Waals surface area (Å²) in [6.07, 6.45) is 2.91. The second kappa shape index (κ2) is 6.95. The molecule has 21 heavy (non-hydrogen) atoms. The highest BCUT2D eigenvalue weighted by molar-refractivity contribution is 9.10. The number of hydrogen-bond acceptors (Lipinski definition) is 4. The molecule has 1 heterocycles. The summed E-state index contributed by atoms with van der Waals surface area (Å²) >= 11 is 3.43. The molecule has 0 aliphatic rings. The van der Waals surface area contributed by atoms with Crippen LogP contribution in [0.3, 0.4) is 0 Å². The fourth-order valence-corrected chi connectivity index (χ4v) is 2.84. The Morgan fingerprint density at radius 1 is 1.43 bits per heavy atom. The van der Waals surface area contributed by atoms with Crippen LogP contribution >= 0.6 is 15.9 Å². The summed E-state index contributed by atoms with van der Waals surface area (Å²) in [5, 5.41) is 15.5. The fraction of sp³-hybridized carbons (Fsp3) is 0.400. The Hall–Kier alpha value is -1.53. The average molecular weight is 352 g/mol. The van der Waals surface area contributed by atoms with Crippen LogP contribution < -0.4 is 5.32 Å². The zero-order valence-corrected chi connectivity index (χ0v) is 13.7. The first-order chi connectivity index (χ1) is 10.1. The van der Waals surface area contributed by atoms with Gasteiger partial charge in [-0.2, -0.15) is 0 Å². The van der Waals surface area contributed by atoms with Gasteiger partial charge in [0.2, 0.25) is 0 Å². The summed E-state index contributed by atoms with van der Waals surface area (Å²) in [5.74, 6) is 0. The van der Waals surface area contributed by atoms with E-state index in [9.17, 15) is 10.1 Å². The van der Waals surface area contributed by atoms with Gasteiger partial charge in [-0.3, -0.25) is 10.1 Å². The Morgan fingerprint density at radius 2 is 2.19 bits per heavy atom. The minimum atomic E-state index is -0.346. The van der Waals surface area contributed by atoms with Crippen LogP contribution in [0.2, 0.25) is 0 Å². The van der Waals surface area contributed by atoms with Crippen LogP contribution in [-0.4, -0.2) is 22.5 Å². The van der Waals surface area contributed by atoms with Gasteiger partial charge in [-0.25, -0.2) is 4.98 Å². The van der Waals surface area contributed by atoms with Gasteiger partial charge in [-0.1, -0.05) is 29.8 Å². The number of fused-ring (bicyclic) bond motifs is 1. The van der Waals surface area contributed by atoms with Gasteiger partial charge >= 0.3 is 0 Å². The molecule has 6 heteroatoms. The number of nitrogens with zero attached hydrogens (tertiary/aromatic N) is 2. The molecule has 1 aromatic heterocycles. The molecular formula is C15H18BrN3O2. The third kappa shape index (κ3) is 3.57. The molecule has 2 rings (SSSR count). The van der Waals surface area contributed by atoms with Crippen LogP contribution in [0.25, 0.3) is 10.9 Å². The maximum absolute atomic E-state index is 11.3. The molecule has 0 radical (unpaired) electrons. The third-order valence-corrected chi connectivity index (χ3v) is 4.04. The normalized spacial score (nSPS) is 12.5. The van der Waals surface area contributed by atoms with E-state index in [-0.39, 0.29) is 16.7 Å². The molecule has 112 valence electrons. The summed E-state index contributed by atoms with van der Waals surface area (Å²) in [6, 6.07) is 5.90. The van der Waals surface area contributed by atoms with Crippen molar-refractivity contribution in [1.29, 1.82) is 0 Å². The summed E-state index contributed by atoms with van der Waals surface area (Å²) in [7, 11) is 0. The van der Waals surface area contributed by atoms with E-state index in [0.717, 1.165) is 33.9 Å². The second-order valence-corrected chi connectivity index (χ2v) is 5.82. The Labute approximate surface area is 132 Å². The molecule has 5 nitrogen and oxygen atoms in total. The number of rotatable bonds is 6. The molecule has 2 aromatic rings. The molecule has 0 spiro atoms. The maximum atomic E-state index is 11.3. The molecule has 1 unspecified atom stereocenters. The predicted molar refractivity (Wildman–Crippen MR) is 87.6 cm³/mol. The monoisotopic (exact) mass is 351 g/mol. The molecule has 1 aromatic carbocycles. The van der Waals surface area contributed by atoms with Crippen LogP contribution in [0.15, 0.2) is 28.9 Å². The minimum Gasteiger partial charge on any atom is -0.314 e. The highest BCUT2D eigenvalue weighted by Crippen LogP contribution is 2.29. The van der Waals surface area contributed by atoms with Gasteiger partial charge in [0, 0.05) is 21.5 Å². The van der Waals surface area contributed by atoms with Crippen LogP contribution in [0.5, 0.6) is 0 Å². The summed E-state index contributed by atoms with van der Waals surface area (Å²) < 4.78 is 0.898. The lowest BCUT2D eigenvalue weighted by molar-refractivity contribution is -0.385. The predicted octanol–water partition coefficient (Wildman–Crippen LogP) is 3.84. The number of nitrogens with one attached hydrogen (secondary N) is 1. The first kappa shape index (κ1) is 15.9. The van der Waals surface area contributed by atoms with Gasteiger partial charge in [0.25, 0.3) is 5.69 Å². The molecule has 0 saturated heterocycles. The third-order valence-electron chi connectivity index (χ3n) is 3.55. The molecule has 0 fully saturated rings. The lowest BCUT2D eigenvalue weighted by Gasteiger charge is -2.17. The number of benzene rings is 1. The van der Waals surface area contributed by atoms with E-state index in [1.807, 2.05) is 25.1 Å². The summed E-state index contributed by atoms with van der Waals surface area (Å²) in [5.41, 5.74) is 1.63. The molecule has 0 amide bonds. The number of likely N-dealkylation sites (N-methyl/N-ethyl adjacent to an activating group) is 1. The molecule has 0 aliphatic heterocycles. The topological polar surface area (TPSA) is 68.1 Å². The second-order valence-electron chi connectivity index (χ2n) is 4.91. The van der Waals surface area contributed by atoms with Crippen molar-refractivity contribution < 1.29 is 4.92 Å². The van der Waals surface area contributed by atoms with Crippen molar-refractivity contribution in [3.05, 3.63) is 44.5 Å². The van der Waals surface area contributed by atoms with Crippen molar-refractivity contribution in [3.8, 4) is 0 Å². The number of pyridine rings is 1. The fourth-order valence-electron chi connectivity index (χ4n) is 2.48. The average Bonchev–Trinajstić information content (AvgIpc) is 2.46. The van der Waals surface area contributed by atoms with Crippen LogP contribution in [0.4, 0.5) is 5.69 Å². The first-order valence-corrected chi connectivity index (χ1v) is 7.81. The van der Waals surface area contributed by atoms with E-state index < -0.39 is 0 Å². The Morgan fingerprint density at radius 3 is 2.81 bits per heavy atom. The van der Waals surface area contributed by atoms with Crippen LogP contribution in [0, 0.1) is 10.1 Å². The summed E-state index contributed by atoms with van der Waals surface area (Å²) in [4.78, 5) is 15.2. The molecule has 0 saturated carbocycles. The lowest BCUT2D eigenvalue weighted by atomic mass is 9.98. The number of nitro groups is 1. The first-order valence-electron chi connectivity index (χ1n) is 7.01. The van der Waals surface area contributed by atoms with Crippen LogP contribution in [0.1, 0.15) is 25.8 Å². The SMILES string of the molecule is CCNC(CC)Cc1c([N+](=O)[O-])cnc2ccc(Br)cc12.